The van der Waals surface area contributed by atoms with E-state index in [2.05, 4.69) is 54.2 Å². The highest BCUT2D eigenvalue weighted by molar-refractivity contribution is 5.85. The molecule has 0 bridgehead atoms. The van der Waals surface area contributed by atoms with Crippen molar-refractivity contribution in [2.24, 2.45) is 0 Å². The van der Waals surface area contributed by atoms with E-state index in [4.69, 9.17) is 37.9 Å². The van der Waals surface area contributed by atoms with E-state index >= 15 is 0 Å². The van der Waals surface area contributed by atoms with Gasteiger partial charge in [0.25, 0.3) is 0 Å². The van der Waals surface area contributed by atoms with Crippen molar-refractivity contribution in [2.45, 2.75) is 37.8 Å². The van der Waals surface area contributed by atoms with Crippen molar-refractivity contribution in [2.75, 3.05) is 69.5 Å². The third-order valence-corrected chi connectivity index (χ3v) is 10.9. The smallest absolute Gasteiger partial charge is 0.231 e. The first kappa shape index (κ1) is 32.4. The molecule has 10 nitrogen and oxygen atoms in total. The van der Waals surface area contributed by atoms with Gasteiger partial charge in [-0.25, -0.2) is 0 Å². The standard InChI is InChI=1S/C40H44N2O8/c1-41-10-8-22-14-31(43-3)33(45-5)18-26(22)28(41)13-25-17-32(44-4)35(47-7)20-30(25)50-36-16-24-12-29-38-23(9-11-42(29)2)15-37-40(49-21-48-37)39(38)27(24)19-34(36)46-6/h14-20,28-29H,8-13,21H2,1-7H3. The van der Waals surface area contributed by atoms with Gasteiger partial charge in [0, 0.05) is 42.4 Å². The van der Waals surface area contributed by atoms with E-state index in [0.29, 0.717) is 40.9 Å². The van der Waals surface area contributed by atoms with Crippen molar-refractivity contribution in [1.82, 2.24) is 9.80 Å². The summed E-state index contributed by atoms with van der Waals surface area (Å²) in [4.78, 5) is 4.82. The number of hydrogen-bond donors (Lipinski definition) is 0. The minimum absolute atomic E-state index is 0.0567. The lowest BCUT2D eigenvalue weighted by Gasteiger charge is -2.40. The van der Waals surface area contributed by atoms with Crippen LogP contribution in [0.4, 0.5) is 0 Å². The van der Waals surface area contributed by atoms with E-state index in [1.54, 1.807) is 35.5 Å². The number of fused-ring (bicyclic) bond motifs is 5. The summed E-state index contributed by atoms with van der Waals surface area (Å²) in [7, 11) is 12.7. The van der Waals surface area contributed by atoms with Crippen LogP contribution < -0.4 is 37.9 Å². The van der Waals surface area contributed by atoms with Crippen molar-refractivity contribution in [3.63, 3.8) is 0 Å². The first-order valence-corrected chi connectivity index (χ1v) is 17.1. The van der Waals surface area contributed by atoms with E-state index in [-0.39, 0.29) is 18.9 Å². The van der Waals surface area contributed by atoms with Crippen LogP contribution in [0.3, 0.4) is 0 Å². The van der Waals surface area contributed by atoms with Gasteiger partial charge in [-0.3, -0.25) is 9.80 Å². The molecule has 4 aromatic carbocycles. The molecule has 0 aromatic heterocycles. The fourth-order valence-corrected chi connectivity index (χ4v) is 8.25. The fraction of sp³-hybridized carbons (Fsp3) is 0.400. The number of nitrogens with zero attached hydrogens (tertiary/aromatic N) is 2. The summed E-state index contributed by atoms with van der Waals surface area (Å²) in [6, 6.07) is 14.8. The van der Waals surface area contributed by atoms with Gasteiger partial charge < -0.3 is 37.9 Å². The molecule has 0 spiro atoms. The van der Waals surface area contributed by atoms with Gasteiger partial charge in [0.1, 0.15) is 5.75 Å². The van der Waals surface area contributed by atoms with Gasteiger partial charge in [0.05, 0.1) is 35.5 Å². The molecule has 2 atom stereocenters. The lowest BCUT2D eigenvalue weighted by molar-refractivity contribution is 0.174. The third-order valence-electron chi connectivity index (χ3n) is 10.9. The highest BCUT2D eigenvalue weighted by Crippen LogP contribution is 2.55. The number of methoxy groups -OCH3 is 5. The van der Waals surface area contributed by atoms with Gasteiger partial charge in [-0.15, -0.1) is 0 Å². The highest BCUT2D eigenvalue weighted by Gasteiger charge is 2.38. The summed E-state index contributed by atoms with van der Waals surface area (Å²) in [5.74, 6) is 6.26. The van der Waals surface area contributed by atoms with Crippen molar-refractivity contribution >= 4 is 0 Å². The van der Waals surface area contributed by atoms with Crippen LogP contribution in [0.25, 0.3) is 11.1 Å². The predicted molar refractivity (Wildman–Crippen MR) is 189 cm³/mol. The summed E-state index contributed by atoms with van der Waals surface area (Å²) in [5, 5.41) is 0. The van der Waals surface area contributed by atoms with E-state index in [9.17, 15) is 0 Å². The topological polar surface area (TPSA) is 80.3 Å². The number of rotatable bonds is 9. The normalized spacial score (nSPS) is 18.9. The van der Waals surface area contributed by atoms with Crippen LogP contribution in [0.1, 0.15) is 45.5 Å². The van der Waals surface area contributed by atoms with E-state index in [1.165, 1.54) is 27.8 Å². The zero-order valence-electron chi connectivity index (χ0n) is 29.8. The first-order chi connectivity index (χ1) is 24.3. The second-order valence-corrected chi connectivity index (χ2v) is 13.4. The van der Waals surface area contributed by atoms with Crippen LogP contribution in [-0.4, -0.2) is 79.3 Å². The quantitative estimate of drug-likeness (QED) is 0.189. The molecular weight excluding hydrogens is 636 g/mol. The van der Waals surface area contributed by atoms with Crippen LogP contribution >= 0.6 is 0 Å². The van der Waals surface area contributed by atoms with Gasteiger partial charge in [0.15, 0.2) is 46.0 Å². The van der Waals surface area contributed by atoms with Crippen LogP contribution in [0, 0.1) is 0 Å². The Balaban J connectivity index is 1.22. The average molecular weight is 681 g/mol. The molecule has 8 rings (SSSR count). The Kier molecular flexibility index (Phi) is 8.31. The Bertz CT molecular complexity index is 1980. The van der Waals surface area contributed by atoms with E-state index in [0.717, 1.165) is 66.3 Å². The molecule has 3 heterocycles. The largest absolute Gasteiger partial charge is 0.493 e. The van der Waals surface area contributed by atoms with Gasteiger partial charge >= 0.3 is 0 Å². The molecule has 0 saturated carbocycles. The maximum atomic E-state index is 6.91. The Hall–Kier alpha value is -4.80. The Labute approximate surface area is 293 Å². The van der Waals surface area contributed by atoms with E-state index in [1.807, 2.05) is 12.1 Å². The molecule has 4 aliphatic rings. The molecule has 1 aliphatic carbocycles. The van der Waals surface area contributed by atoms with Gasteiger partial charge in [-0.05, 0) is 110 Å². The molecule has 0 fully saturated rings. The molecule has 10 heteroatoms. The van der Waals surface area contributed by atoms with Crippen molar-refractivity contribution < 1.29 is 37.9 Å². The van der Waals surface area contributed by atoms with Crippen LogP contribution in [0.15, 0.2) is 42.5 Å². The summed E-state index contributed by atoms with van der Waals surface area (Å²) in [6.45, 7) is 2.12. The number of ether oxygens (including phenoxy) is 8. The van der Waals surface area contributed by atoms with Gasteiger partial charge in [-0.2, -0.15) is 0 Å². The fourth-order valence-electron chi connectivity index (χ4n) is 8.25. The second kappa shape index (κ2) is 12.8. The molecular formula is C40H44N2O8. The van der Waals surface area contributed by atoms with Crippen LogP contribution in [0.5, 0.6) is 51.7 Å². The second-order valence-electron chi connectivity index (χ2n) is 13.4. The van der Waals surface area contributed by atoms with Gasteiger partial charge in [0.2, 0.25) is 6.79 Å². The van der Waals surface area contributed by atoms with Gasteiger partial charge in [-0.1, -0.05) is 0 Å². The van der Waals surface area contributed by atoms with Crippen molar-refractivity contribution in [3.8, 4) is 62.9 Å². The molecule has 0 saturated heterocycles. The van der Waals surface area contributed by atoms with E-state index < -0.39 is 0 Å². The van der Waals surface area contributed by atoms with Crippen molar-refractivity contribution in [1.29, 1.82) is 0 Å². The Morgan fingerprint density at radius 3 is 2.04 bits per heavy atom. The lowest BCUT2D eigenvalue weighted by Crippen LogP contribution is -2.35. The number of hydrogen-bond acceptors (Lipinski definition) is 10. The monoisotopic (exact) mass is 680 g/mol. The summed E-state index contributed by atoms with van der Waals surface area (Å²) in [6.07, 6.45) is 3.40. The maximum Gasteiger partial charge on any atom is 0.231 e. The number of benzene rings is 4. The molecule has 2 unspecified atom stereocenters. The molecule has 0 amide bonds. The predicted octanol–water partition coefficient (Wildman–Crippen LogP) is 6.77. The minimum Gasteiger partial charge on any atom is -0.493 e. The molecule has 3 aliphatic heterocycles. The Morgan fingerprint density at radius 2 is 1.28 bits per heavy atom. The first-order valence-electron chi connectivity index (χ1n) is 17.1. The highest BCUT2D eigenvalue weighted by atomic mass is 16.7. The lowest BCUT2D eigenvalue weighted by atomic mass is 9.76. The molecule has 262 valence electrons. The zero-order chi connectivity index (χ0) is 34.7. The molecule has 50 heavy (non-hydrogen) atoms. The molecule has 0 N–H and O–H groups in total. The molecule has 0 radical (unpaired) electrons. The SMILES string of the molecule is COc1cc(CC2c3cc(OC)c(OC)cc3CCN2C)c(Oc2cc3c(cc2OC)-c2c4c(cc5c2C(C3)N(C)CC5)OCO4)cc1OC. The Morgan fingerprint density at radius 1 is 0.640 bits per heavy atom. The minimum atomic E-state index is 0.0567. The maximum absolute atomic E-state index is 6.91. The summed E-state index contributed by atoms with van der Waals surface area (Å²) < 4.78 is 47.9. The zero-order valence-corrected chi connectivity index (χ0v) is 29.8. The van der Waals surface area contributed by atoms with Crippen molar-refractivity contribution in [3.05, 3.63) is 75.8 Å². The molecule has 4 aromatic rings. The average Bonchev–Trinajstić information content (AvgIpc) is 3.62. The number of likely N-dealkylation sites (N-methyl/N-ethyl adjacent to an activating group) is 2. The summed E-state index contributed by atoms with van der Waals surface area (Å²) >= 11 is 0. The summed E-state index contributed by atoms with van der Waals surface area (Å²) in [5.41, 5.74) is 9.47. The third kappa shape index (κ3) is 5.24. The van der Waals surface area contributed by atoms with Crippen LogP contribution in [0.2, 0.25) is 0 Å². The van der Waals surface area contributed by atoms with Crippen LogP contribution in [-0.2, 0) is 25.7 Å².